The van der Waals surface area contributed by atoms with Crippen LogP contribution in [0, 0.1) is 0 Å². The molecule has 0 aliphatic carbocycles. The van der Waals surface area contributed by atoms with E-state index in [1.165, 1.54) is 0 Å². The Hall–Kier alpha value is -3.18. The Morgan fingerprint density at radius 2 is 1.86 bits per heavy atom. The van der Waals surface area contributed by atoms with Crippen molar-refractivity contribution in [2.24, 2.45) is 0 Å². The Bertz CT molecular complexity index is 1120. The maximum atomic E-state index is 5.37. The lowest BCUT2D eigenvalue weighted by molar-refractivity contribution is 0.388. The van der Waals surface area contributed by atoms with Crippen LogP contribution in [0.5, 0.6) is 5.75 Å². The van der Waals surface area contributed by atoms with Gasteiger partial charge in [-0.15, -0.1) is 0 Å². The second-order valence-corrected chi connectivity index (χ2v) is 7.46. The largest absolute Gasteiger partial charge is 0.497 e. The quantitative estimate of drug-likeness (QED) is 0.461. The third kappa shape index (κ3) is 4.15. The van der Waals surface area contributed by atoms with Gasteiger partial charge in [-0.1, -0.05) is 12.1 Å². The fourth-order valence-electron chi connectivity index (χ4n) is 3.62. The fourth-order valence-corrected chi connectivity index (χ4v) is 3.62. The minimum Gasteiger partial charge on any atom is -0.497 e. The first-order valence-corrected chi connectivity index (χ1v) is 9.84. The molecule has 4 rings (SSSR count). The van der Waals surface area contributed by atoms with Crippen LogP contribution in [0.3, 0.4) is 0 Å². The molecule has 0 aliphatic heterocycles. The third-order valence-corrected chi connectivity index (χ3v) is 5.09. The Morgan fingerprint density at radius 3 is 2.69 bits per heavy atom. The average molecular weight is 386 g/mol. The Balaban J connectivity index is 1.73. The van der Waals surface area contributed by atoms with E-state index in [0.717, 1.165) is 58.5 Å². The van der Waals surface area contributed by atoms with Crippen LogP contribution in [0.1, 0.15) is 6.42 Å². The predicted octanol–water partition coefficient (Wildman–Crippen LogP) is 4.73. The molecule has 1 aromatic carbocycles. The highest BCUT2D eigenvalue weighted by Gasteiger charge is 2.13. The normalized spacial score (nSPS) is 11.3. The summed E-state index contributed by atoms with van der Waals surface area (Å²) in [4.78, 5) is 11.4. The number of aryl methyl sites for hydroxylation is 1. The van der Waals surface area contributed by atoms with Crippen LogP contribution in [0.4, 0.5) is 0 Å². The van der Waals surface area contributed by atoms with Crippen molar-refractivity contribution in [1.82, 2.24) is 19.4 Å². The molecule has 4 aromatic rings. The van der Waals surface area contributed by atoms with Gasteiger partial charge in [-0.05, 0) is 63.0 Å². The molecule has 29 heavy (non-hydrogen) atoms. The van der Waals surface area contributed by atoms with Gasteiger partial charge in [-0.3, -0.25) is 9.97 Å². The van der Waals surface area contributed by atoms with Gasteiger partial charge in [0.1, 0.15) is 5.75 Å². The maximum absolute atomic E-state index is 5.37. The fraction of sp³-hybridized carbons (Fsp3) is 0.250. The van der Waals surface area contributed by atoms with E-state index in [1.807, 2.05) is 42.9 Å². The van der Waals surface area contributed by atoms with E-state index < -0.39 is 0 Å². The lowest BCUT2D eigenvalue weighted by Gasteiger charge is -2.10. The maximum Gasteiger partial charge on any atom is 0.119 e. The smallest absolute Gasteiger partial charge is 0.119 e. The molecule has 0 unspecified atom stereocenters. The molecule has 0 radical (unpaired) electrons. The summed E-state index contributed by atoms with van der Waals surface area (Å²) in [5.41, 5.74) is 6.50. The summed E-state index contributed by atoms with van der Waals surface area (Å²) in [7, 11) is 5.90. The summed E-state index contributed by atoms with van der Waals surface area (Å²) in [6.07, 6.45) is 8.96. The van der Waals surface area contributed by atoms with E-state index in [4.69, 9.17) is 4.74 Å². The molecule has 0 saturated heterocycles. The molecule has 3 aromatic heterocycles. The monoisotopic (exact) mass is 386 g/mol. The zero-order valence-corrected chi connectivity index (χ0v) is 17.2. The van der Waals surface area contributed by atoms with Crippen LogP contribution < -0.4 is 4.74 Å². The van der Waals surface area contributed by atoms with Gasteiger partial charge in [-0.25, -0.2) is 0 Å². The summed E-state index contributed by atoms with van der Waals surface area (Å²) >= 11 is 0. The van der Waals surface area contributed by atoms with Crippen molar-refractivity contribution in [2.75, 3.05) is 27.7 Å². The highest BCUT2D eigenvalue weighted by atomic mass is 16.5. The molecular weight excluding hydrogens is 360 g/mol. The van der Waals surface area contributed by atoms with Crippen molar-refractivity contribution in [2.45, 2.75) is 13.0 Å². The van der Waals surface area contributed by atoms with Crippen molar-refractivity contribution in [3.8, 4) is 28.0 Å². The number of rotatable bonds is 7. The van der Waals surface area contributed by atoms with E-state index in [-0.39, 0.29) is 0 Å². The topological polar surface area (TPSA) is 43.2 Å². The highest BCUT2D eigenvalue weighted by Crippen LogP contribution is 2.32. The van der Waals surface area contributed by atoms with E-state index in [1.54, 1.807) is 7.11 Å². The van der Waals surface area contributed by atoms with Crippen LogP contribution in [0.25, 0.3) is 33.3 Å². The first-order valence-electron chi connectivity index (χ1n) is 9.84. The van der Waals surface area contributed by atoms with Gasteiger partial charge in [0.25, 0.3) is 0 Å². The number of aromatic nitrogens is 3. The molecule has 0 N–H and O–H groups in total. The molecule has 0 aliphatic rings. The molecular formula is C24H26N4O. The number of fused-ring (bicyclic) bond motifs is 1. The number of nitrogens with zero attached hydrogens (tertiary/aromatic N) is 4. The third-order valence-electron chi connectivity index (χ3n) is 5.09. The molecule has 5 heteroatoms. The van der Waals surface area contributed by atoms with Crippen LogP contribution >= 0.6 is 0 Å². The SMILES string of the molecule is COc1cccc(-c2cncc(-c3cn(CCCN(C)C)c4cccnc34)c2)c1. The average Bonchev–Trinajstić information content (AvgIpc) is 3.12. The van der Waals surface area contributed by atoms with Crippen molar-refractivity contribution in [3.63, 3.8) is 0 Å². The molecule has 0 atom stereocenters. The molecule has 148 valence electrons. The lowest BCUT2D eigenvalue weighted by Crippen LogP contribution is -2.14. The number of methoxy groups -OCH3 is 1. The predicted molar refractivity (Wildman–Crippen MR) is 118 cm³/mol. The number of pyridine rings is 2. The van der Waals surface area contributed by atoms with E-state index >= 15 is 0 Å². The van der Waals surface area contributed by atoms with E-state index in [9.17, 15) is 0 Å². The van der Waals surface area contributed by atoms with E-state index in [2.05, 4.69) is 57.9 Å². The Labute approximate surface area is 171 Å². The number of ether oxygens (including phenoxy) is 1. The zero-order chi connectivity index (χ0) is 20.2. The summed E-state index contributed by atoms with van der Waals surface area (Å²) in [5.74, 6) is 0.840. The van der Waals surface area contributed by atoms with Crippen LogP contribution in [0.15, 0.2) is 67.3 Å². The minimum absolute atomic E-state index is 0.840. The van der Waals surface area contributed by atoms with Crippen LogP contribution in [-0.2, 0) is 6.54 Å². The highest BCUT2D eigenvalue weighted by molar-refractivity contribution is 5.93. The molecule has 0 spiro atoms. The number of hydrogen-bond acceptors (Lipinski definition) is 4. The Morgan fingerprint density at radius 1 is 1.00 bits per heavy atom. The van der Waals surface area contributed by atoms with Crippen molar-refractivity contribution >= 4 is 11.0 Å². The van der Waals surface area contributed by atoms with Crippen molar-refractivity contribution in [3.05, 3.63) is 67.3 Å². The van der Waals surface area contributed by atoms with Gasteiger partial charge in [-0.2, -0.15) is 0 Å². The molecule has 0 fully saturated rings. The second kappa shape index (κ2) is 8.45. The standard InChI is InChI=1S/C24H26N4O/c1-27(2)11-6-12-28-17-22(24-23(28)9-5-10-26-24)20-13-19(15-25-16-20)18-7-4-8-21(14-18)29-3/h4-5,7-10,13-17H,6,11-12H2,1-3H3. The van der Waals surface area contributed by atoms with Gasteiger partial charge in [0.15, 0.2) is 0 Å². The van der Waals surface area contributed by atoms with Gasteiger partial charge in [0, 0.05) is 48.0 Å². The zero-order valence-electron chi connectivity index (χ0n) is 17.2. The summed E-state index contributed by atoms with van der Waals surface area (Å²) in [6, 6.07) is 14.4. The molecule has 3 heterocycles. The van der Waals surface area contributed by atoms with E-state index in [0.29, 0.717) is 0 Å². The lowest BCUT2D eigenvalue weighted by atomic mass is 10.0. The second-order valence-electron chi connectivity index (χ2n) is 7.46. The number of benzene rings is 1. The minimum atomic E-state index is 0.840. The summed E-state index contributed by atoms with van der Waals surface area (Å²) in [6.45, 7) is 2.02. The van der Waals surface area contributed by atoms with Crippen molar-refractivity contribution in [1.29, 1.82) is 0 Å². The Kier molecular flexibility index (Phi) is 5.58. The summed E-state index contributed by atoms with van der Waals surface area (Å²) in [5, 5.41) is 0. The summed E-state index contributed by atoms with van der Waals surface area (Å²) < 4.78 is 7.67. The molecule has 0 saturated carbocycles. The first kappa shape index (κ1) is 19.2. The molecule has 5 nitrogen and oxygen atoms in total. The van der Waals surface area contributed by atoms with Gasteiger partial charge in [0.2, 0.25) is 0 Å². The number of hydrogen-bond donors (Lipinski definition) is 0. The molecule has 0 bridgehead atoms. The first-order chi connectivity index (χ1) is 14.2. The van der Waals surface area contributed by atoms with Gasteiger partial charge in [0.05, 0.1) is 18.1 Å². The van der Waals surface area contributed by atoms with Crippen LogP contribution in [-0.4, -0.2) is 47.2 Å². The van der Waals surface area contributed by atoms with Gasteiger partial charge < -0.3 is 14.2 Å². The van der Waals surface area contributed by atoms with Crippen molar-refractivity contribution < 1.29 is 4.74 Å². The van der Waals surface area contributed by atoms with Gasteiger partial charge >= 0.3 is 0 Å². The van der Waals surface area contributed by atoms with Crippen LogP contribution in [0.2, 0.25) is 0 Å². The molecule has 0 amide bonds.